The summed E-state index contributed by atoms with van der Waals surface area (Å²) in [5, 5.41) is 20.3. The molecule has 7 nitrogen and oxygen atoms in total. The molecule has 108 valence electrons. The number of benzene rings is 1. The lowest BCUT2D eigenvalue weighted by molar-refractivity contribution is -0.385. The number of carboxylic acid groups (broad SMARTS) is 1. The van der Waals surface area contributed by atoms with E-state index in [2.05, 4.69) is 4.98 Å². The number of aromatic nitrogens is 1. The summed E-state index contributed by atoms with van der Waals surface area (Å²) in [6, 6.07) is 5.99. The first-order chi connectivity index (χ1) is 9.91. The highest BCUT2D eigenvalue weighted by molar-refractivity contribution is 5.92. The number of carbonyl (C=O) groups is 1. The fourth-order valence-corrected chi connectivity index (χ4v) is 1.88. The Morgan fingerprint density at radius 1 is 1.29 bits per heavy atom. The number of aryl methyl sites for hydroxylation is 2. The standard InChI is InChI=1S/C14H12N2O5/c1-8-6-7-15-13(11(8)14(17)18)21-12-9(2)4-3-5-10(12)16(19)20/h3-7H,1-2H3,(H,17,18). The molecule has 0 amide bonds. The molecule has 0 aliphatic carbocycles. The Bertz CT molecular complexity index is 727. The molecule has 0 saturated carbocycles. The Morgan fingerprint density at radius 2 is 2.00 bits per heavy atom. The van der Waals surface area contributed by atoms with E-state index in [0.717, 1.165) is 0 Å². The lowest BCUT2D eigenvalue weighted by Crippen LogP contribution is -2.06. The molecule has 0 fully saturated rings. The minimum atomic E-state index is -1.20. The van der Waals surface area contributed by atoms with Gasteiger partial charge in [0.25, 0.3) is 0 Å². The van der Waals surface area contributed by atoms with Gasteiger partial charge in [-0.2, -0.15) is 0 Å². The lowest BCUT2D eigenvalue weighted by Gasteiger charge is -2.11. The van der Waals surface area contributed by atoms with Gasteiger partial charge in [0.1, 0.15) is 5.56 Å². The molecule has 0 spiro atoms. The molecule has 2 aromatic rings. The maximum absolute atomic E-state index is 11.3. The van der Waals surface area contributed by atoms with Crippen molar-refractivity contribution < 1.29 is 19.6 Å². The summed E-state index contributed by atoms with van der Waals surface area (Å²) < 4.78 is 5.44. The van der Waals surface area contributed by atoms with Crippen molar-refractivity contribution in [2.45, 2.75) is 13.8 Å². The summed E-state index contributed by atoms with van der Waals surface area (Å²) in [6.45, 7) is 3.24. The summed E-state index contributed by atoms with van der Waals surface area (Å²) in [7, 11) is 0. The summed E-state index contributed by atoms with van der Waals surface area (Å²) in [4.78, 5) is 25.6. The maximum atomic E-state index is 11.3. The van der Waals surface area contributed by atoms with Gasteiger partial charge in [-0.15, -0.1) is 0 Å². The highest BCUT2D eigenvalue weighted by Crippen LogP contribution is 2.35. The Morgan fingerprint density at radius 3 is 2.62 bits per heavy atom. The van der Waals surface area contributed by atoms with Crippen LogP contribution >= 0.6 is 0 Å². The number of para-hydroxylation sites is 1. The molecule has 0 atom stereocenters. The molecule has 0 saturated heterocycles. The zero-order chi connectivity index (χ0) is 15.6. The molecular formula is C14H12N2O5. The first-order valence-electron chi connectivity index (χ1n) is 6.02. The number of ether oxygens (including phenoxy) is 1. The SMILES string of the molecule is Cc1cccc([N+](=O)[O-])c1Oc1nccc(C)c1C(=O)O. The molecule has 7 heteroatoms. The molecule has 1 aromatic heterocycles. The van der Waals surface area contributed by atoms with Crippen LogP contribution in [0.1, 0.15) is 21.5 Å². The van der Waals surface area contributed by atoms with Crippen molar-refractivity contribution in [3.05, 3.63) is 57.3 Å². The minimum Gasteiger partial charge on any atom is -0.477 e. The monoisotopic (exact) mass is 288 g/mol. The van der Waals surface area contributed by atoms with Gasteiger partial charge in [-0.25, -0.2) is 9.78 Å². The fraction of sp³-hybridized carbons (Fsp3) is 0.143. The minimum absolute atomic E-state index is 0.0110. The van der Waals surface area contributed by atoms with Crippen LogP contribution in [0.15, 0.2) is 30.5 Å². The van der Waals surface area contributed by atoms with E-state index in [1.165, 1.54) is 24.4 Å². The van der Waals surface area contributed by atoms with Gasteiger partial charge < -0.3 is 9.84 Å². The van der Waals surface area contributed by atoms with Crippen molar-refractivity contribution >= 4 is 11.7 Å². The summed E-state index contributed by atoms with van der Waals surface area (Å²) in [5.74, 6) is -1.38. The maximum Gasteiger partial charge on any atom is 0.341 e. The number of hydrogen-bond donors (Lipinski definition) is 1. The quantitative estimate of drug-likeness (QED) is 0.685. The van der Waals surface area contributed by atoms with Gasteiger partial charge in [-0.1, -0.05) is 12.1 Å². The van der Waals surface area contributed by atoms with Gasteiger partial charge in [0.2, 0.25) is 11.6 Å². The van der Waals surface area contributed by atoms with Gasteiger partial charge in [-0.3, -0.25) is 10.1 Å². The fourth-order valence-electron chi connectivity index (χ4n) is 1.88. The van der Waals surface area contributed by atoms with Crippen molar-refractivity contribution in [2.24, 2.45) is 0 Å². The van der Waals surface area contributed by atoms with E-state index in [4.69, 9.17) is 4.74 Å². The number of aromatic carboxylic acids is 1. The van der Waals surface area contributed by atoms with Crippen LogP contribution in [-0.4, -0.2) is 21.0 Å². The first kappa shape index (κ1) is 14.4. The van der Waals surface area contributed by atoms with Gasteiger partial charge in [0.15, 0.2) is 0 Å². The molecule has 0 radical (unpaired) electrons. The number of rotatable bonds is 4. The Balaban J connectivity index is 2.56. The predicted molar refractivity (Wildman–Crippen MR) is 73.8 cm³/mol. The highest BCUT2D eigenvalue weighted by atomic mass is 16.6. The zero-order valence-corrected chi connectivity index (χ0v) is 11.4. The van der Waals surface area contributed by atoms with Gasteiger partial charge >= 0.3 is 11.7 Å². The molecule has 0 bridgehead atoms. The van der Waals surface area contributed by atoms with Crippen LogP contribution in [0.3, 0.4) is 0 Å². The average Bonchev–Trinajstić information content (AvgIpc) is 2.40. The van der Waals surface area contributed by atoms with Gasteiger partial charge in [0.05, 0.1) is 4.92 Å². The third kappa shape index (κ3) is 2.81. The summed E-state index contributed by atoms with van der Waals surface area (Å²) in [6.07, 6.45) is 1.39. The van der Waals surface area contributed by atoms with Crippen LogP contribution in [0.5, 0.6) is 11.6 Å². The lowest BCUT2D eigenvalue weighted by atomic mass is 10.1. The van der Waals surface area contributed by atoms with Crippen molar-refractivity contribution in [3.63, 3.8) is 0 Å². The van der Waals surface area contributed by atoms with E-state index in [9.17, 15) is 20.0 Å². The van der Waals surface area contributed by atoms with Crippen molar-refractivity contribution in [3.8, 4) is 11.6 Å². The van der Waals surface area contributed by atoms with E-state index in [-0.39, 0.29) is 22.9 Å². The van der Waals surface area contributed by atoms with Crippen LogP contribution in [0.25, 0.3) is 0 Å². The van der Waals surface area contributed by atoms with E-state index < -0.39 is 10.9 Å². The molecule has 1 heterocycles. The average molecular weight is 288 g/mol. The smallest absolute Gasteiger partial charge is 0.341 e. The molecule has 0 aliphatic heterocycles. The van der Waals surface area contributed by atoms with Gasteiger partial charge in [-0.05, 0) is 31.0 Å². The van der Waals surface area contributed by atoms with Crippen LogP contribution < -0.4 is 4.74 Å². The highest BCUT2D eigenvalue weighted by Gasteiger charge is 2.22. The van der Waals surface area contributed by atoms with Crippen LogP contribution in [0, 0.1) is 24.0 Å². The molecule has 0 unspecified atom stereocenters. The molecule has 21 heavy (non-hydrogen) atoms. The van der Waals surface area contributed by atoms with Crippen molar-refractivity contribution in [2.75, 3.05) is 0 Å². The normalized spacial score (nSPS) is 10.2. The summed E-state index contributed by atoms with van der Waals surface area (Å²) in [5.41, 5.74) is 0.622. The van der Waals surface area contributed by atoms with Crippen LogP contribution in [0.4, 0.5) is 5.69 Å². The van der Waals surface area contributed by atoms with Gasteiger partial charge in [0, 0.05) is 12.3 Å². The molecule has 1 N–H and O–H groups in total. The predicted octanol–water partition coefficient (Wildman–Crippen LogP) is 3.10. The molecule has 0 aliphatic rings. The number of hydrogen-bond acceptors (Lipinski definition) is 5. The number of nitrogens with zero attached hydrogens (tertiary/aromatic N) is 2. The Kier molecular flexibility index (Phi) is 3.84. The van der Waals surface area contributed by atoms with Crippen LogP contribution in [-0.2, 0) is 0 Å². The Hall–Kier alpha value is -2.96. The zero-order valence-electron chi connectivity index (χ0n) is 11.4. The number of pyridine rings is 1. The van der Waals surface area contributed by atoms with E-state index in [1.807, 2.05) is 0 Å². The largest absolute Gasteiger partial charge is 0.477 e. The van der Waals surface area contributed by atoms with Crippen molar-refractivity contribution in [1.29, 1.82) is 0 Å². The van der Waals surface area contributed by atoms with Crippen molar-refractivity contribution in [1.82, 2.24) is 4.98 Å². The second kappa shape index (κ2) is 5.58. The first-order valence-corrected chi connectivity index (χ1v) is 6.02. The van der Waals surface area contributed by atoms with E-state index in [0.29, 0.717) is 11.1 Å². The molecule has 1 aromatic carbocycles. The molecule has 2 rings (SSSR count). The second-order valence-corrected chi connectivity index (χ2v) is 4.40. The third-order valence-corrected chi connectivity index (χ3v) is 2.92. The number of carboxylic acids is 1. The second-order valence-electron chi connectivity index (χ2n) is 4.40. The number of nitro groups is 1. The van der Waals surface area contributed by atoms with Crippen LogP contribution in [0.2, 0.25) is 0 Å². The van der Waals surface area contributed by atoms with E-state index in [1.54, 1.807) is 19.9 Å². The Labute approximate surface area is 120 Å². The summed E-state index contributed by atoms with van der Waals surface area (Å²) >= 11 is 0. The topological polar surface area (TPSA) is 103 Å². The van der Waals surface area contributed by atoms with E-state index >= 15 is 0 Å². The number of nitro benzene ring substituents is 1. The third-order valence-electron chi connectivity index (χ3n) is 2.92. The molecular weight excluding hydrogens is 276 g/mol.